The van der Waals surface area contributed by atoms with Crippen LogP contribution in [-0.2, 0) is 14.3 Å². The van der Waals surface area contributed by atoms with Crippen molar-refractivity contribution >= 4 is 29.7 Å². The number of nitrogens with one attached hydrogen (secondary N) is 1. The Morgan fingerprint density at radius 1 is 1.03 bits per heavy atom. The number of amides is 2. The molecule has 0 aromatic heterocycles. The van der Waals surface area contributed by atoms with E-state index in [1.165, 1.54) is 16.0 Å². The highest BCUT2D eigenvalue weighted by Gasteiger charge is 2.40. The number of hydrogen-bond donors (Lipinski definition) is 2. The summed E-state index contributed by atoms with van der Waals surface area (Å²) in [5.74, 6) is -0.118. The normalized spacial score (nSPS) is 23.4. The molecule has 1 unspecified atom stereocenters. The lowest BCUT2D eigenvalue weighted by Crippen LogP contribution is -2.53. The van der Waals surface area contributed by atoms with Crippen molar-refractivity contribution in [3.63, 3.8) is 0 Å². The van der Waals surface area contributed by atoms with Crippen LogP contribution in [0.15, 0.2) is 48.5 Å². The fourth-order valence-electron chi connectivity index (χ4n) is 5.76. The molecule has 1 saturated carbocycles. The Hall–Kier alpha value is -3.00. The number of carbonyl (C=O) groups excluding carboxylic acids is 2. The van der Waals surface area contributed by atoms with E-state index in [2.05, 4.69) is 29.6 Å². The second-order valence-corrected chi connectivity index (χ2v) is 10.6. The van der Waals surface area contributed by atoms with Gasteiger partial charge in [-0.15, -0.1) is 0 Å². The molecule has 2 aromatic carbocycles. The van der Waals surface area contributed by atoms with E-state index >= 15 is 0 Å². The highest BCUT2D eigenvalue weighted by atomic mass is 32.2. The number of ether oxygens (including phenoxy) is 1. The summed E-state index contributed by atoms with van der Waals surface area (Å²) in [7, 11) is 0. The van der Waals surface area contributed by atoms with Crippen LogP contribution in [0.3, 0.4) is 0 Å². The summed E-state index contributed by atoms with van der Waals surface area (Å²) >= 11 is 1.57. The first-order valence-corrected chi connectivity index (χ1v) is 13.4. The lowest BCUT2D eigenvalue weighted by Gasteiger charge is -2.35. The van der Waals surface area contributed by atoms with Crippen molar-refractivity contribution < 1.29 is 24.2 Å². The van der Waals surface area contributed by atoms with Crippen LogP contribution >= 0.6 is 11.8 Å². The maximum atomic E-state index is 13.2. The van der Waals surface area contributed by atoms with Gasteiger partial charge < -0.3 is 20.1 Å². The number of thioether (sulfide) groups is 1. The van der Waals surface area contributed by atoms with Crippen LogP contribution in [0, 0.1) is 11.8 Å². The van der Waals surface area contributed by atoms with Gasteiger partial charge in [-0.2, -0.15) is 11.8 Å². The van der Waals surface area contributed by atoms with Crippen LogP contribution in [0.25, 0.3) is 11.1 Å². The average molecular weight is 495 g/mol. The third-order valence-corrected chi connectivity index (χ3v) is 8.55. The molecule has 0 radical (unpaired) electrons. The number of carboxylic acids is 1. The Labute approximate surface area is 209 Å². The molecule has 8 heteroatoms. The summed E-state index contributed by atoms with van der Waals surface area (Å²) in [6, 6.07) is 15.6. The zero-order chi connectivity index (χ0) is 24.4. The molecule has 3 atom stereocenters. The first kappa shape index (κ1) is 23.7. The van der Waals surface area contributed by atoms with Gasteiger partial charge in [0.15, 0.2) is 0 Å². The number of nitrogens with zero attached hydrogens (tertiary/aromatic N) is 1. The van der Waals surface area contributed by atoms with Gasteiger partial charge in [-0.25, -0.2) is 9.59 Å². The van der Waals surface area contributed by atoms with Crippen molar-refractivity contribution in [2.75, 3.05) is 31.2 Å². The molecule has 2 N–H and O–H groups in total. The Morgan fingerprint density at radius 3 is 2.40 bits per heavy atom. The van der Waals surface area contributed by atoms with Crippen LogP contribution in [0.5, 0.6) is 0 Å². The third kappa shape index (κ3) is 4.76. The van der Waals surface area contributed by atoms with E-state index in [1.54, 1.807) is 11.8 Å². The number of alkyl carbamates (subject to hydrolysis) is 1. The zero-order valence-corrected chi connectivity index (χ0v) is 20.3. The minimum absolute atomic E-state index is 0.00104. The number of carbonyl (C=O) groups is 3. The molecule has 0 bridgehead atoms. The monoisotopic (exact) mass is 494 g/mol. The number of hydrogen-bond acceptors (Lipinski definition) is 5. The largest absolute Gasteiger partial charge is 0.480 e. The average Bonchev–Trinajstić information content (AvgIpc) is 3.48. The van der Waals surface area contributed by atoms with E-state index in [1.807, 2.05) is 24.3 Å². The molecule has 1 aliphatic heterocycles. The molecule has 1 heterocycles. The molecular formula is C27H30N2O5S. The molecule has 2 aliphatic carbocycles. The smallest absolute Gasteiger partial charge is 0.407 e. The van der Waals surface area contributed by atoms with Gasteiger partial charge >= 0.3 is 12.1 Å². The number of benzene rings is 2. The fourth-order valence-corrected chi connectivity index (χ4v) is 6.79. The predicted octanol–water partition coefficient (Wildman–Crippen LogP) is 3.97. The summed E-state index contributed by atoms with van der Waals surface area (Å²) in [4.78, 5) is 39.0. The summed E-state index contributed by atoms with van der Waals surface area (Å²) < 4.78 is 5.63. The van der Waals surface area contributed by atoms with Crippen molar-refractivity contribution in [2.24, 2.45) is 11.8 Å². The van der Waals surface area contributed by atoms with Crippen LogP contribution < -0.4 is 5.32 Å². The van der Waals surface area contributed by atoms with E-state index in [4.69, 9.17) is 4.74 Å². The summed E-state index contributed by atoms with van der Waals surface area (Å²) in [5.41, 5.74) is 4.69. The van der Waals surface area contributed by atoms with Crippen molar-refractivity contribution in [1.29, 1.82) is 0 Å². The maximum absolute atomic E-state index is 13.2. The highest BCUT2D eigenvalue weighted by molar-refractivity contribution is 7.99. The van der Waals surface area contributed by atoms with Crippen molar-refractivity contribution in [1.82, 2.24) is 10.2 Å². The second kappa shape index (κ2) is 10.3. The molecule has 2 aromatic rings. The van der Waals surface area contributed by atoms with Crippen molar-refractivity contribution in [3.05, 3.63) is 59.7 Å². The molecule has 35 heavy (non-hydrogen) atoms. The molecule has 7 nitrogen and oxygen atoms in total. The lowest BCUT2D eigenvalue weighted by molar-refractivity contribution is -0.151. The Kier molecular flexibility index (Phi) is 7.00. The highest BCUT2D eigenvalue weighted by Crippen LogP contribution is 2.44. The second-order valence-electron chi connectivity index (χ2n) is 9.46. The van der Waals surface area contributed by atoms with E-state index < -0.39 is 18.1 Å². The van der Waals surface area contributed by atoms with Crippen LogP contribution in [0.1, 0.15) is 36.3 Å². The lowest BCUT2D eigenvalue weighted by atomic mass is 9.94. The summed E-state index contributed by atoms with van der Waals surface area (Å²) in [6.07, 6.45) is 1.97. The molecular weight excluding hydrogens is 464 g/mol. The Morgan fingerprint density at radius 2 is 1.71 bits per heavy atom. The minimum atomic E-state index is -0.947. The minimum Gasteiger partial charge on any atom is -0.480 e. The topological polar surface area (TPSA) is 95.9 Å². The van der Waals surface area contributed by atoms with E-state index in [0.717, 1.165) is 36.1 Å². The maximum Gasteiger partial charge on any atom is 0.407 e. The summed E-state index contributed by atoms with van der Waals surface area (Å²) in [5, 5.41) is 12.4. The number of aliphatic carboxylic acids is 1. The molecule has 2 amide bonds. The first-order valence-electron chi connectivity index (χ1n) is 12.2. The van der Waals surface area contributed by atoms with Crippen LogP contribution in [0.4, 0.5) is 4.79 Å². The van der Waals surface area contributed by atoms with Crippen molar-refractivity contribution in [2.45, 2.75) is 31.2 Å². The van der Waals surface area contributed by atoms with Gasteiger partial charge in [0.25, 0.3) is 0 Å². The molecule has 5 rings (SSSR count). The standard InChI is InChI=1S/C27H30N2O5S/c30-25(29-12-13-35-16-24(29)26(31)32)18-11-5-6-17(18)14-28-27(33)34-15-23-21-9-3-1-7-19(21)20-8-2-4-10-22(20)23/h1-4,7-10,17-18,23-24H,5-6,11-16H2,(H,28,33)(H,31,32)/t17-,18-,24?/m0/s1. The van der Waals surface area contributed by atoms with Gasteiger partial charge in [-0.05, 0) is 41.0 Å². The Bertz CT molecular complexity index is 1080. The van der Waals surface area contributed by atoms with Gasteiger partial charge in [0.1, 0.15) is 12.6 Å². The van der Waals surface area contributed by atoms with E-state index in [0.29, 0.717) is 18.8 Å². The Balaban J connectivity index is 1.17. The number of fused-ring (bicyclic) bond motifs is 3. The predicted molar refractivity (Wildman–Crippen MR) is 134 cm³/mol. The number of rotatable bonds is 6. The third-order valence-electron chi connectivity index (χ3n) is 7.53. The van der Waals surface area contributed by atoms with Gasteiger partial charge in [-0.3, -0.25) is 4.79 Å². The van der Waals surface area contributed by atoms with Crippen LogP contribution in [-0.4, -0.2) is 65.2 Å². The van der Waals surface area contributed by atoms with Gasteiger partial charge in [0.05, 0.1) is 0 Å². The van der Waals surface area contributed by atoms with Gasteiger partial charge in [0.2, 0.25) is 5.91 Å². The van der Waals surface area contributed by atoms with Gasteiger partial charge in [-0.1, -0.05) is 55.0 Å². The SMILES string of the molecule is O=C(NC[C@@H]1CCC[C@@H]1C(=O)N1CCSCC1C(=O)O)OCC1c2ccccc2-c2ccccc21. The van der Waals surface area contributed by atoms with Gasteiger partial charge in [0, 0.05) is 36.4 Å². The summed E-state index contributed by atoms with van der Waals surface area (Å²) in [6.45, 7) is 1.07. The van der Waals surface area contributed by atoms with Crippen molar-refractivity contribution in [3.8, 4) is 11.1 Å². The van der Waals surface area contributed by atoms with E-state index in [9.17, 15) is 19.5 Å². The molecule has 2 fully saturated rings. The molecule has 0 spiro atoms. The van der Waals surface area contributed by atoms with Crippen LogP contribution in [0.2, 0.25) is 0 Å². The van der Waals surface area contributed by atoms with E-state index in [-0.39, 0.29) is 30.3 Å². The first-order chi connectivity index (χ1) is 17.0. The molecule has 1 saturated heterocycles. The molecule has 3 aliphatic rings. The fraction of sp³-hybridized carbons (Fsp3) is 0.444. The molecule has 184 valence electrons. The quantitative estimate of drug-likeness (QED) is 0.631. The zero-order valence-electron chi connectivity index (χ0n) is 19.5. The number of carboxylic acid groups (broad SMARTS) is 1.